The standard InChI is InChI=1S/C15H15FN2O4S2/c1-8-6-10-7-11(18-24(19,20)12-4-3-5-21-12)13(16)9(2)14(10)17-15(23)22-8/h3-5,7-8,18H,6H2,1-2H3,(H,17,23). The molecular weight excluding hydrogens is 355 g/mol. The highest BCUT2D eigenvalue weighted by atomic mass is 32.2. The molecule has 1 aromatic heterocycles. The van der Waals surface area contributed by atoms with Crippen molar-refractivity contribution in [1.82, 2.24) is 0 Å². The van der Waals surface area contributed by atoms with Gasteiger partial charge in [-0.25, -0.2) is 4.39 Å². The molecule has 1 aliphatic heterocycles. The molecule has 0 bridgehead atoms. The highest BCUT2D eigenvalue weighted by Gasteiger charge is 2.25. The van der Waals surface area contributed by atoms with Crippen molar-refractivity contribution in [3.05, 3.63) is 41.4 Å². The van der Waals surface area contributed by atoms with E-state index >= 15 is 0 Å². The van der Waals surface area contributed by atoms with Crippen LogP contribution in [-0.4, -0.2) is 19.7 Å². The number of ether oxygens (including phenoxy) is 1. The molecule has 2 N–H and O–H groups in total. The van der Waals surface area contributed by atoms with E-state index in [1.54, 1.807) is 6.92 Å². The SMILES string of the molecule is Cc1c(F)c(NS(=O)(=O)c2ccco2)cc2c1NC(=S)OC(C)C2. The third kappa shape index (κ3) is 3.09. The van der Waals surface area contributed by atoms with Gasteiger partial charge in [0.2, 0.25) is 5.09 Å². The van der Waals surface area contributed by atoms with Crippen molar-refractivity contribution in [2.24, 2.45) is 0 Å². The summed E-state index contributed by atoms with van der Waals surface area (Å²) in [5.41, 5.74) is 1.32. The first-order valence-corrected chi connectivity index (χ1v) is 9.03. The second kappa shape index (κ2) is 6.06. The molecule has 128 valence electrons. The fraction of sp³-hybridized carbons (Fsp3) is 0.267. The molecule has 2 heterocycles. The number of halogens is 1. The van der Waals surface area contributed by atoms with E-state index in [-0.39, 0.29) is 27.6 Å². The van der Waals surface area contributed by atoms with Crippen LogP contribution >= 0.6 is 12.2 Å². The van der Waals surface area contributed by atoms with Gasteiger partial charge in [0.25, 0.3) is 15.2 Å². The van der Waals surface area contributed by atoms with Crippen molar-refractivity contribution in [2.45, 2.75) is 31.5 Å². The number of fused-ring (bicyclic) bond motifs is 1. The first kappa shape index (κ1) is 16.7. The average Bonchev–Trinajstić information content (AvgIpc) is 2.99. The molecule has 0 saturated carbocycles. The smallest absolute Gasteiger partial charge is 0.295 e. The van der Waals surface area contributed by atoms with E-state index in [9.17, 15) is 12.8 Å². The molecule has 0 spiro atoms. The lowest BCUT2D eigenvalue weighted by Crippen LogP contribution is -2.17. The molecule has 0 fully saturated rings. The Hall–Kier alpha value is -2.13. The summed E-state index contributed by atoms with van der Waals surface area (Å²) in [5, 5.41) is 2.73. The number of nitrogens with one attached hydrogen (secondary N) is 2. The molecule has 3 rings (SSSR count). The third-order valence-corrected chi connectivity index (χ3v) is 5.08. The molecule has 1 aromatic carbocycles. The van der Waals surface area contributed by atoms with Crippen molar-refractivity contribution in [2.75, 3.05) is 10.0 Å². The van der Waals surface area contributed by atoms with Crippen LogP contribution in [0.1, 0.15) is 18.1 Å². The first-order chi connectivity index (χ1) is 11.3. The Morgan fingerprint density at radius 1 is 1.46 bits per heavy atom. The Bertz CT molecular complexity index is 895. The molecule has 9 heteroatoms. The zero-order valence-corrected chi connectivity index (χ0v) is 14.6. The first-order valence-electron chi connectivity index (χ1n) is 7.14. The number of furan rings is 1. The summed E-state index contributed by atoms with van der Waals surface area (Å²) in [7, 11) is -4.00. The van der Waals surface area contributed by atoms with Gasteiger partial charge >= 0.3 is 0 Å². The second-order valence-electron chi connectivity index (χ2n) is 5.48. The molecule has 0 amide bonds. The van der Waals surface area contributed by atoms with Gasteiger partial charge in [-0.1, -0.05) is 0 Å². The van der Waals surface area contributed by atoms with E-state index in [1.165, 1.54) is 24.5 Å². The Kier molecular flexibility index (Phi) is 4.22. The predicted octanol–water partition coefficient (Wildman–Crippen LogP) is 3.19. The fourth-order valence-electron chi connectivity index (χ4n) is 2.55. The van der Waals surface area contributed by atoms with Crippen LogP contribution in [0.15, 0.2) is 34.0 Å². The van der Waals surface area contributed by atoms with Crippen LogP contribution in [-0.2, 0) is 21.2 Å². The lowest BCUT2D eigenvalue weighted by atomic mass is 10.0. The molecule has 0 aliphatic carbocycles. The van der Waals surface area contributed by atoms with Gasteiger partial charge in [0.1, 0.15) is 6.10 Å². The highest BCUT2D eigenvalue weighted by molar-refractivity contribution is 7.92. The van der Waals surface area contributed by atoms with E-state index in [0.717, 1.165) is 0 Å². The summed E-state index contributed by atoms with van der Waals surface area (Å²) in [4.78, 5) is 0. The minimum atomic E-state index is -4.00. The minimum Gasteiger partial charge on any atom is -0.467 e. The summed E-state index contributed by atoms with van der Waals surface area (Å²) in [6.45, 7) is 3.37. The maximum atomic E-state index is 14.6. The molecule has 0 saturated heterocycles. The Balaban J connectivity index is 2.05. The predicted molar refractivity (Wildman–Crippen MR) is 91.1 cm³/mol. The number of thiocarbonyl (C=S) groups is 1. The Labute approximate surface area is 144 Å². The number of anilines is 2. The number of hydrogen-bond acceptors (Lipinski definition) is 5. The van der Waals surface area contributed by atoms with Gasteiger partial charge in [-0.2, -0.15) is 8.42 Å². The van der Waals surface area contributed by atoms with Crippen molar-refractivity contribution < 1.29 is 22.0 Å². The largest absolute Gasteiger partial charge is 0.467 e. The normalized spacial score (nSPS) is 17.5. The number of benzene rings is 1. The molecule has 1 unspecified atom stereocenters. The maximum Gasteiger partial charge on any atom is 0.295 e. The Morgan fingerprint density at radius 2 is 2.21 bits per heavy atom. The lowest BCUT2D eigenvalue weighted by Gasteiger charge is -2.15. The van der Waals surface area contributed by atoms with Gasteiger partial charge < -0.3 is 14.5 Å². The monoisotopic (exact) mass is 370 g/mol. The number of sulfonamides is 1. The number of rotatable bonds is 3. The van der Waals surface area contributed by atoms with E-state index in [2.05, 4.69) is 10.0 Å². The molecule has 0 radical (unpaired) electrons. The summed E-state index contributed by atoms with van der Waals surface area (Å²) < 4.78 is 51.7. The van der Waals surface area contributed by atoms with Crippen LogP contribution in [0.4, 0.5) is 15.8 Å². The van der Waals surface area contributed by atoms with Gasteiger partial charge in [-0.05, 0) is 49.8 Å². The van der Waals surface area contributed by atoms with E-state index in [1.807, 2.05) is 6.92 Å². The zero-order chi connectivity index (χ0) is 17.5. The minimum absolute atomic E-state index is 0.149. The number of hydrogen-bond donors (Lipinski definition) is 2. The van der Waals surface area contributed by atoms with Crippen LogP contribution in [0.2, 0.25) is 0 Å². The fourth-order valence-corrected chi connectivity index (χ4v) is 3.79. The Morgan fingerprint density at radius 3 is 2.88 bits per heavy atom. The van der Waals surface area contributed by atoms with E-state index in [0.29, 0.717) is 17.7 Å². The summed E-state index contributed by atoms with van der Waals surface area (Å²) in [5.74, 6) is -0.686. The van der Waals surface area contributed by atoms with Crippen LogP contribution in [0.3, 0.4) is 0 Å². The molecule has 6 nitrogen and oxygen atoms in total. The molecule has 2 aromatic rings. The lowest BCUT2D eigenvalue weighted by molar-refractivity contribution is 0.217. The molecule has 1 aliphatic rings. The second-order valence-corrected chi connectivity index (χ2v) is 7.46. The van der Waals surface area contributed by atoms with E-state index < -0.39 is 15.8 Å². The van der Waals surface area contributed by atoms with Gasteiger partial charge in [-0.15, -0.1) is 0 Å². The molecular formula is C15H15FN2O4S2. The molecule has 1 atom stereocenters. The van der Waals surface area contributed by atoms with Gasteiger partial charge in [0, 0.05) is 12.0 Å². The third-order valence-electron chi connectivity index (χ3n) is 3.63. The van der Waals surface area contributed by atoms with Gasteiger partial charge in [0.05, 0.1) is 17.6 Å². The maximum absolute atomic E-state index is 14.6. The zero-order valence-electron chi connectivity index (χ0n) is 12.9. The summed E-state index contributed by atoms with van der Waals surface area (Å²) in [6, 6.07) is 4.17. The van der Waals surface area contributed by atoms with Gasteiger partial charge in [-0.3, -0.25) is 4.72 Å². The van der Waals surface area contributed by atoms with Crippen molar-refractivity contribution in [3.63, 3.8) is 0 Å². The van der Waals surface area contributed by atoms with Crippen molar-refractivity contribution in [1.29, 1.82) is 0 Å². The van der Waals surface area contributed by atoms with Crippen LogP contribution < -0.4 is 10.0 Å². The quantitative estimate of drug-likeness (QED) is 0.808. The van der Waals surface area contributed by atoms with E-state index in [4.69, 9.17) is 21.4 Å². The van der Waals surface area contributed by atoms with Crippen LogP contribution in [0.25, 0.3) is 0 Å². The summed E-state index contributed by atoms with van der Waals surface area (Å²) >= 11 is 5.04. The highest BCUT2D eigenvalue weighted by Crippen LogP contribution is 2.33. The average molecular weight is 370 g/mol. The summed E-state index contributed by atoms with van der Waals surface area (Å²) in [6.07, 6.45) is 1.47. The van der Waals surface area contributed by atoms with Gasteiger partial charge in [0.15, 0.2) is 5.82 Å². The van der Waals surface area contributed by atoms with Crippen LogP contribution in [0.5, 0.6) is 0 Å². The topological polar surface area (TPSA) is 80.6 Å². The van der Waals surface area contributed by atoms with Crippen LogP contribution in [0, 0.1) is 12.7 Å². The van der Waals surface area contributed by atoms with Crippen molar-refractivity contribution in [3.8, 4) is 0 Å². The molecule has 24 heavy (non-hydrogen) atoms. The van der Waals surface area contributed by atoms with Crippen molar-refractivity contribution >= 4 is 38.8 Å².